The van der Waals surface area contributed by atoms with E-state index in [0.29, 0.717) is 12.8 Å². The van der Waals surface area contributed by atoms with Crippen molar-refractivity contribution in [3.8, 4) is 0 Å². The standard InChI is InChI=1S/C13H13N3O2S/c14-11(16-18)13(4-5-13)12(17)15-9-1-2-10-8(7-9)3-6-19-10/h1-3,6-7,18H,4-5H2,(H2,14,16)(H,15,17). The average Bonchev–Trinajstić information content (AvgIpc) is 3.11. The smallest absolute Gasteiger partial charge is 0.238 e. The molecule has 3 rings (SSSR count). The van der Waals surface area contributed by atoms with Gasteiger partial charge in [0.1, 0.15) is 5.41 Å². The van der Waals surface area contributed by atoms with Gasteiger partial charge in [-0.25, -0.2) is 0 Å². The number of amides is 1. The molecule has 1 aromatic heterocycles. The number of carbonyl (C=O) groups is 1. The van der Waals surface area contributed by atoms with Gasteiger partial charge in [-0.1, -0.05) is 5.16 Å². The number of thiophene rings is 1. The quantitative estimate of drug-likeness (QED) is 0.348. The van der Waals surface area contributed by atoms with Crippen LogP contribution in [0, 0.1) is 5.41 Å². The second kappa shape index (κ2) is 4.24. The van der Waals surface area contributed by atoms with Gasteiger partial charge in [0, 0.05) is 10.4 Å². The Balaban J connectivity index is 1.83. The van der Waals surface area contributed by atoms with E-state index in [1.807, 2.05) is 29.6 Å². The van der Waals surface area contributed by atoms with E-state index < -0.39 is 5.41 Å². The number of amidine groups is 1. The van der Waals surface area contributed by atoms with Crippen LogP contribution >= 0.6 is 11.3 Å². The van der Waals surface area contributed by atoms with Crippen molar-refractivity contribution < 1.29 is 10.0 Å². The minimum Gasteiger partial charge on any atom is -0.409 e. The highest BCUT2D eigenvalue weighted by molar-refractivity contribution is 7.17. The van der Waals surface area contributed by atoms with Crippen LogP contribution in [0.25, 0.3) is 10.1 Å². The Labute approximate surface area is 113 Å². The summed E-state index contributed by atoms with van der Waals surface area (Å²) in [7, 11) is 0. The highest BCUT2D eigenvalue weighted by atomic mass is 32.1. The van der Waals surface area contributed by atoms with Gasteiger partial charge in [0.2, 0.25) is 5.91 Å². The van der Waals surface area contributed by atoms with Crippen molar-refractivity contribution in [1.29, 1.82) is 0 Å². The molecule has 0 saturated heterocycles. The van der Waals surface area contributed by atoms with E-state index in [-0.39, 0.29) is 11.7 Å². The van der Waals surface area contributed by atoms with Crippen LogP contribution in [-0.2, 0) is 4.79 Å². The Morgan fingerprint density at radius 2 is 2.21 bits per heavy atom. The van der Waals surface area contributed by atoms with E-state index in [0.717, 1.165) is 11.1 Å². The number of hydrogen-bond acceptors (Lipinski definition) is 4. The van der Waals surface area contributed by atoms with Gasteiger partial charge in [-0.15, -0.1) is 11.3 Å². The number of nitrogens with one attached hydrogen (secondary N) is 1. The monoisotopic (exact) mass is 275 g/mol. The van der Waals surface area contributed by atoms with Gasteiger partial charge in [-0.05, 0) is 47.9 Å². The summed E-state index contributed by atoms with van der Waals surface area (Å²) in [6.07, 6.45) is 1.24. The Morgan fingerprint density at radius 3 is 2.89 bits per heavy atom. The molecule has 1 amide bonds. The van der Waals surface area contributed by atoms with E-state index in [1.165, 1.54) is 4.70 Å². The lowest BCUT2D eigenvalue weighted by Gasteiger charge is -2.13. The van der Waals surface area contributed by atoms with Crippen molar-refractivity contribution in [2.45, 2.75) is 12.8 Å². The third-order valence-electron chi connectivity index (χ3n) is 3.49. The third-order valence-corrected chi connectivity index (χ3v) is 4.39. The maximum Gasteiger partial charge on any atom is 0.238 e. The summed E-state index contributed by atoms with van der Waals surface area (Å²) >= 11 is 1.66. The minimum atomic E-state index is -0.821. The normalized spacial score (nSPS) is 17.4. The summed E-state index contributed by atoms with van der Waals surface area (Å²) < 4.78 is 1.18. The molecule has 0 aliphatic heterocycles. The molecular formula is C13H13N3O2S. The van der Waals surface area contributed by atoms with Gasteiger partial charge in [-0.3, -0.25) is 4.79 Å². The van der Waals surface area contributed by atoms with Gasteiger partial charge in [0.15, 0.2) is 5.84 Å². The lowest BCUT2D eigenvalue weighted by Crippen LogP contribution is -2.36. The van der Waals surface area contributed by atoms with Gasteiger partial charge >= 0.3 is 0 Å². The second-order valence-corrected chi connectivity index (χ2v) is 5.64. The van der Waals surface area contributed by atoms with E-state index in [1.54, 1.807) is 11.3 Å². The molecule has 1 aliphatic carbocycles. The molecule has 0 radical (unpaired) electrons. The number of fused-ring (bicyclic) bond motifs is 1. The Kier molecular flexibility index (Phi) is 2.67. The number of carbonyl (C=O) groups excluding carboxylic acids is 1. The van der Waals surface area contributed by atoms with Crippen LogP contribution < -0.4 is 11.1 Å². The highest BCUT2D eigenvalue weighted by Crippen LogP contribution is 2.46. The molecule has 0 unspecified atom stereocenters. The second-order valence-electron chi connectivity index (χ2n) is 4.69. The largest absolute Gasteiger partial charge is 0.409 e. The zero-order valence-electron chi connectivity index (χ0n) is 10.1. The molecule has 5 nitrogen and oxygen atoms in total. The van der Waals surface area contributed by atoms with E-state index in [9.17, 15) is 4.79 Å². The number of nitrogens with zero attached hydrogens (tertiary/aromatic N) is 1. The molecule has 1 aromatic carbocycles. The van der Waals surface area contributed by atoms with Gasteiger partial charge in [0.25, 0.3) is 0 Å². The molecule has 4 N–H and O–H groups in total. The molecule has 98 valence electrons. The molecule has 0 bridgehead atoms. The topological polar surface area (TPSA) is 87.7 Å². The maximum atomic E-state index is 12.2. The van der Waals surface area contributed by atoms with Crippen LogP contribution in [0.15, 0.2) is 34.8 Å². The molecule has 1 saturated carbocycles. The number of nitrogens with two attached hydrogens (primary N) is 1. The molecule has 0 atom stereocenters. The molecule has 2 aromatic rings. The molecule has 1 heterocycles. The summed E-state index contributed by atoms with van der Waals surface area (Å²) in [6, 6.07) is 7.76. The lowest BCUT2D eigenvalue weighted by atomic mass is 10.1. The molecule has 1 fully saturated rings. The summed E-state index contributed by atoms with van der Waals surface area (Å²) in [6.45, 7) is 0. The van der Waals surface area contributed by atoms with E-state index >= 15 is 0 Å². The molecule has 1 aliphatic rings. The first-order valence-electron chi connectivity index (χ1n) is 5.92. The van der Waals surface area contributed by atoms with Crippen molar-refractivity contribution >= 4 is 38.9 Å². The van der Waals surface area contributed by atoms with Gasteiger partial charge in [0.05, 0.1) is 0 Å². The van der Waals surface area contributed by atoms with Crippen molar-refractivity contribution in [1.82, 2.24) is 0 Å². The summed E-state index contributed by atoms with van der Waals surface area (Å²) in [4.78, 5) is 12.2. The molecule has 0 spiro atoms. The van der Waals surface area contributed by atoms with Crippen LogP contribution in [0.2, 0.25) is 0 Å². The SMILES string of the molecule is N/C(=N/O)C1(C(=O)Nc2ccc3sccc3c2)CC1. The fraction of sp³-hybridized carbons (Fsp3) is 0.231. The summed E-state index contributed by atoms with van der Waals surface area (Å²) in [5.74, 6) is -0.223. The predicted octanol–water partition coefficient (Wildman–Crippen LogP) is 2.37. The Hall–Kier alpha value is -2.08. The van der Waals surface area contributed by atoms with Crippen LogP contribution in [0.3, 0.4) is 0 Å². The molecular weight excluding hydrogens is 262 g/mol. The maximum absolute atomic E-state index is 12.2. The van der Waals surface area contributed by atoms with E-state index in [2.05, 4.69) is 10.5 Å². The van der Waals surface area contributed by atoms with Gasteiger partial charge < -0.3 is 16.3 Å². The van der Waals surface area contributed by atoms with Crippen LogP contribution in [0.1, 0.15) is 12.8 Å². The number of benzene rings is 1. The van der Waals surface area contributed by atoms with E-state index in [4.69, 9.17) is 10.9 Å². The number of anilines is 1. The number of rotatable bonds is 3. The molecule has 19 heavy (non-hydrogen) atoms. The highest BCUT2D eigenvalue weighted by Gasteiger charge is 2.54. The summed E-state index contributed by atoms with van der Waals surface area (Å²) in [5, 5.41) is 17.6. The van der Waals surface area contributed by atoms with Crippen molar-refractivity contribution in [3.05, 3.63) is 29.6 Å². The van der Waals surface area contributed by atoms with Crippen LogP contribution in [0.5, 0.6) is 0 Å². The zero-order valence-corrected chi connectivity index (χ0v) is 10.9. The average molecular weight is 275 g/mol. The fourth-order valence-electron chi connectivity index (χ4n) is 2.12. The molecule has 6 heteroatoms. The van der Waals surface area contributed by atoms with Crippen LogP contribution in [-0.4, -0.2) is 17.0 Å². The first kappa shape index (κ1) is 12.0. The Bertz CT molecular complexity index is 673. The zero-order chi connectivity index (χ0) is 13.5. The van der Waals surface area contributed by atoms with Crippen molar-refractivity contribution in [2.24, 2.45) is 16.3 Å². The van der Waals surface area contributed by atoms with Crippen molar-refractivity contribution in [3.63, 3.8) is 0 Å². The fourth-order valence-corrected chi connectivity index (χ4v) is 2.89. The lowest BCUT2D eigenvalue weighted by molar-refractivity contribution is -0.119. The first-order valence-corrected chi connectivity index (χ1v) is 6.80. The predicted molar refractivity (Wildman–Crippen MR) is 75.5 cm³/mol. The van der Waals surface area contributed by atoms with Crippen molar-refractivity contribution in [2.75, 3.05) is 5.32 Å². The first-order chi connectivity index (χ1) is 9.15. The van der Waals surface area contributed by atoms with Gasteiger partial charge in [-0.2, -0.15) is 0 Å². The Morgan fingerprint density at radius 1 is 1.42 bits per heavy atom. The summed E-state index contributed by atoms with van der Waals surface area (Å²) in [5.41, 5.74) is 5.49. The number of oxime groups is 1. The number of hydrogen-bond donors (Lipinski definition) is 3. The minimum absolute atomic E-state index is 0.0124. The third kappa shape index (κ3) is 1.94. The van der Waals surface area contributed by atoms with Crippen LogP contribution in [0.4, 0.5) is 5.69 Å².